The average Bonchev–Trinajstić information content (AvgIpc) is 2.85. The summed E-state index contributed by atoms with van der Waals surface area (Å²) in [7, 11) is -2.68. The number of benzene rings is 3. The number of aryl methyl sites for hydroxylation is 2. The van der Waals surface area contributed by atoms with Crippen molar-refractivity contribution in [2.45, 2.75) is 32.6 Å². The normalized spacial score (nSPS) is 11.5. The van der Waals surface area contributed by atoms with Gasteiger partial charge in [0.25, 0.3) is 15.9 Å². The van der Waals surface area contributed by atoms with Crippen molar-refractivity contribution in [3.63, 3.8) is 0 Å². The molecule has 0 saturated heterocycles. The van der Waals surface area contributed by atoms with Crippen LogP contribution < -0.4 is 19.8 Å². The van der Waals surface area contributed by atoms with E-state index in [0.717, 1.165) is 15.4 Å². The summed E-state index contributed by atoms with van der Waals surface area (Å²) in [6, 6.07) is 18.5. The molecule has 2 N–H and O–H groups in total. The molecule has 9 nitrogen and oxygen atoms in total. The Bertz CT molecular complexity index is 1430. The minimum Gasteiger partial charge on any atom is -0.495 e. The maximum atomic E-state index is 13.7. The van der Waals surface area contributed by atoms with E-state index in [9.17, 15) is 18.0 Å². The Morgan fingerprint density at radius 2 is 1.62 bits per heavy atom. The molecule has 0 fully saturated rings. The lowest BCUT2D eigenvalue weighted by molar-refractivity contribution is -0.119. The number of hydrazone groups is 1. The fourth-order valence-electron chi connectivity index (χ4n) is 3.53. The monoisotopic (exact) mass is 522 g/mol. The van der Waals surface area contributed by atoms with Crippen LogP contribution in [0.3, 0.4) is 0 Å². The second-order valence-corrected chi connectivity index (χ2v) is 10.4. The summed E-state index contributed by atoms with van der Waals surface area (Å²) in [4.78, 5) is 24.3. The molecule has 0 aromatic heterocycles. The Balaban J connectivity index is 1.92. The second kappa shape index (κ2) is 11.7. The number of hydrogen-bond donors (Lipinski definition) is 2. The SMILES string of the molecule is COc1ccc(C)cc1N(CC(=O)N/N=C(/C)c1cccc(NC(C)=O)c1)S(=O)(=O)c1ccc(C)cc1. The number of anilines is 2. The van der Waals surface area contributed by atoms with Gasteiger partial charge in [-0.25, -0.2) is 13.8 Å². The van der Waals surface area contributed by atoms with Gasteiger partial charge in [-0.15, -0.1) is 0 Å². The third-order valence-corrected chi connectivity index (χ3v) is 7.22. The summed E-state index contributed by atoms with van der Waals surface area (Å²) in [5.74, 6) is -0.540. The van der Waals surface area contributed by atoms with Gasteiger partial charge in [0.2, 0.25) is 5.91 Å². The average molecular weight is 523 g/mol. The summed E-state index contributed by atoms with van der Waals surface area (Å²) < 4.78 is 33.8. The number of methoxy groups -OCH3 is 1. The van der Waals surface area contributed by atoms with E-state index in [2.05, 4.69) is 15.8 Å². The number of nitrogens with zero attached hydrogens (tertiary/aromatic N) is 2. The van der Waals surface area contributed by atoms with Crippen LogP contribution in [0.5, 0.6) is 5.75 Å². The summed E-state index contributed by atoms with van der Waals surface area (Å²) in [5, 5.41) is 6.83. The third kappa shape index (κ3) is 6.95. The van der Waals surface area contributed by atoms with E-state index >= 15 is 0 Å². The number of ether oxygens (including phenoxy) is 1. The minimum atomic E-state index is -4.12. The van der Waals surface area contributed by atoms with E-state index < -0.39 is 22.5 Å². The smallest absolute Gasteiger partial charge is 0.264 e. The van der Waals surface area contributed by atoms with Crippen molar-refractivity contribution >= 4 is 38.9 Å². The zero-order valence-corrected chi connectivity index (χ0v) is 22.2. The van der Waals surface area contributed by atoms with Gasteiger partial charge in [0.05, 0.1) is 23.4 Å². The van der Waals surface area contributed by atoms with Crippen LogP contribution in [0, 0.1) is 13.8 Å². The van der Waals surface area contributed by atoms with Gasteiger partial charge in [0.15, 0.2) is 0 Å². The van der Waals surface area contributed by atoms with Gasteiger partial charge in [-0.3, -0.25) is 13.9 Å². The van der Waals surface area contributed by atoms with Crippen LogP contribution in [0.4, 0.5) is 11.4 Å². The quantitative estimate of drug-likeness (QED) is 0.325. The first kappa shape index (κ1) is 27.4. The van der Waals surface area contributed by atoms with Crippen molar-refractivity contribution in [1.29, 1.82) is 0 Å². The van der Waals surface area contributed by atoms with E-state index in [1.807, 2.05) is 13.8 Å². The standard InChI is InChI=1S/C27H30N4O5S/c1-18-9-12-24(13-10-18)37(34,35)31(25-15-19(2)11-14-26(25)36-5)17-27(33)30-29-20(3)22-7-6-8-23(16-22)28-21(4)32/h6-16H,17H2,1-5H3,(H,28,32)(H,30,33)/b29-20-. The largest absolute Gasteiger partial charge is 0.495 e. The predicted molar refractivity (Wildman–Crippen MR) is 145 cm³/mol. The first-order valence-electron chi connectivity index (χ1n) is 11.5. The van der Waals surface area contributed by atoms with Gasteiger partial charge in [0.1, 0.15) is 12.3 Å². The molecule has 0 aliphatic carbocycles. The molecule has 0 spiro atoms. The van der Waals surface area contributed by atoms with Crippen molar-refractivity contribution in [2.75, 3.05) is 23.3 Å². The summed E-state index contributed by atoms with van der Waals surface area (Å²) in [6.07, 6.45) is 0. The Hall–Kier alpha value is -4.18. The van der Waals surface area contributed by atoms with E-state index in [1.165, 1.54) is 26.2 Å². The van der Waals surface area contributed by atoms with Crippen LogP contribution in [-0.2, 0) is 19.6 Å². The molecule has 3 aromatic carbocycles. The van der Waals surface area contributed by atoms with Crippen molar-refractivity contribution in [2.24, 2.45) is 5.10 Å². The van der Waals surface area contributed by atoms with Crippen molar-refractivity contribution in [1.82, 2.24) is 5.43 Å². The Kier molecular flexibility index (Phi) is 8.67. The molecule has 0 saturated carbocycles. The highest BCUT2D eigenvalue weighted by Crippen LogP contribution is 2.33. The number of nitrogens with one attached hydrogen (secondary N) is 2. The van der Waals surface area contributed by atoms with Gasteiger partial charge >= 0.3 is 0 Å². The fraction of sp³-hybridized carbons (Fsp3) is 0.222. The summed E-state index contributed by atoms with van der Waals surface area (Å²) in [6.45, 7) is 6.25. The minimum absolute atomic E-state index is 0.0453. The molecular formula is C27H30N4O5S. The highest BCUT2D eigenvalue weighted by atomic mass is 32.2. The van der Waals surface area contributed by atoms with E-state index in [-0.39, 0.29) is 16.5 Å². The predicted octanol–water partition coefficient (Wildman–Crippen LogP) is 4.01. The molecule has 0 radical (unpaired) electrons. The molecule has 0 aliphatic rings. The lowest BCUT2D eigenvalue weighted by Crippen LogP contribution is -2.40. The maximum Gasteiger partial charge on any atom is 0.264 e. The lowest BCUT2D eigenvalue weighted by Gasteiger charge is -2.25. The molecule has 0 aliphatic heterocycles. The highest BCUT2D eigenvalue weighted by molar-refractivity contribution is 7.92. The number of carbonyl (C=O) groups excluding carboxylic acids is 2. The molecule has 0 heterocycles. The van der Waals surface area contributed by atoms with Crippen LogP contribution in [0.25, 0.3) is 0 Å². The molecule has 0 atom stereocenters. The van der Waals surface area contributed by atoms with Crippen LogP contribution >= 0.6 is 0 Å². The van der Waals surface area contributed by atoms with Gasteiger partial charge < -0.3 is 10.1 Å². The van der Waals surface area contributed by atoms with E-state index in [0.29, 0.717) is 22.7 Å². The molecule has 194 valence electrons. The number of hydrogen-bond acceptors (Lipinski definition) is 6. The van der Waals surface area contributed by atoms with Gasteiger partial charge in [-0.2, -0.15) is 5.10 Å². The van der Waals surface area contributed by atoms with Crippen molar-refractivity contribution in [3.05, 3.63) is 83.4 Å². The maximum absolute atomic E-state index is 13.7. The Morgan fingerprint density at radius 1 is 0.946 bits per heavy atom. The van der Waals surface area contributed by atoms with Crippen molar-refractivity contribution < 1.29 is 22.7 Å². The zero-order chi connectivity index (χ0) is 27.2. The van der Waals surface area contributed by atoms with Crippen LogP contribution in [-0.4, -0.2) is 39.6 Å². The third-order valence-electron chi connectivity index (χ3n) is 5.45. The highest BCUT2D eigenvalue weighted by Gasteiger charge is 2.29. The molecule has 37 heavy (non-hydrogen) atoms. The van der Waals surface area contributed by atoms with Crippen molar-refractivity contribution in [3.8, 4) is 5.75 Å². The molecule has 2 amide bonds. The molecular weight excluding hydrogens is 492 g/mol. The number of sulfonamides is 1. The summed E-state index contributed by atoms with van der Waals surface area (Å²) >= 11 is 0. The molecule has 10 heteroatoms. The van der Waals surface area contributed by atoms with Gasteiger partial charge in [0, 0.05) is 12.6 Å². The van der Waals surface area contributed by atoms with E-state index in [1.54, 1.807) is 61.5 Å². The van der Waals surface area contributed by atoms with Crippen LogP contribution in [0.2, 0.25) is 0 Å². The molecule has 0 unspecified atom stereocenters. The second-order valence-electron chi connectivity index (χ2n) is 8.49. The molecule has 3 rings (SSSR count). The lowest BCUT2D eigenvalue weighted by atomic mass is 10.1. The van der Waals surface area contributed by atoms with Gasteiger partial charge in [-0.05, 0) is 68.3 Å². The summed E-state index contributed by atoms with van der Waals surface area (Å²) in [5.41, 5.74) is 6.13. The first-order valence-corrected chi connectivity index (χ1v) is 12.9. The van der Waals surface area contributed by atoms with Gasteiger partial charge in [-0.1, -0.05) is 35.9 Å². The Morgan fingerprint density at radius 3 is 2.27 bits per heavy atom. The first-order chi connectivity index (χ1) is 17.5. The Labute approximate surface area is 217 Å². The molecule has 0 bridgehead atoms. The van der Waals surface area contributed by atoms with Crippen LogP contribution in [0.15, 0.2) is 76.7 Å². The zero-order valence-electron chi connectivity index (χ0n) is 21.4. The topological polar surface area (TPSA) is 117 Å². The van der Waals surface area contributed by atoms with Crippen LogP contribution in [0.1, 0.15) is 30.5 Å². The molecule has 3 aromatic rings. The fourth-order valence-corrected chi connectivity index (χ4v) is 4.96. The number of amides is 2. The number of carbonyl (C=O) groups is 2. The van der Waals surface area contributed by atoms with E-state index in [4.69, 9.17) is 4.74 Å². The number of rotatable bonds is 9.